The third-order valence-electron chi connectivity index (χ3n) is 3.41. The smallest absolute Gasteiger partial charge is 0.127 e. The molecule has 1 unspecified atom stereocenters. The zero-order valence-corrected chi connectivity index (χ0v) is 12.8. The van der Waals surface area contributed by atoms with Crippen LogP contribution in [0.25, 0.3) is 0 Å². The Balaban J connectivity index is 1.99. The van der Waals surface area contributed by atoms with Gasteiger partial charge in [-0.2, -0.15) is 0 Å². The minimum absolute atomic E-state index is 0.229. The van der Waals surface area contributed by atoms with E-state index in [9.17, 15) is 4.39 Å². The number of benzene rings is 2. The van der Waals surface area contributed by atoms with Crippen LogP contribution in [0.2, 0.25) is 5.02 Å². The molecule has 2 N–H and O–H groups in total. The van der Waals surface area contributed by atoms with Crippen molar-refractivity contribution in [1.82, 2.24) is 0 Å². The van der Waals surface area contributed by atoms with Crippen molar-refractivity contribution in [2.75, 3.05) is 0 Å². The number of nitrogens with two attached hydrogens (primary N) is 1. The van der Waals surface area contributed by atoms with Crippen molar-refractivity contribution in [3.05, 3.63) is 62.8 Å². The SMILES string of the molecule is N[C@H]1CC(c2cc(Br)ccc2Cl)Oc2ccc(F)cc21. The largest absolute Gasteiger partial charge is 0.485 e. The number of halogens is 3. The molecule has 1 heterocycles. The molecule has 1 aliphatic rings. The topological polar surface area (TPSA) is 35.2 Å². The van der Waals surface area contributed by atoms with Gasteiger partial charge < -0.3 is 10.5 Å². The van der Waals surface area contributed by atoms with Crippen LogP contribution in [0.5, 0.6) is 5.75 Å². The lowest BCUT2D eigenvalue weighted by molar-refractivity contribution is 0.161. The first-order chi connectivity index (χ1) is 9.54. The summed E-state index contributed by atoms with van der Waals surface area (Å²) in [5, 5.41) is 0.635. The molecule has 2 nitrogen and oxygen atoms in total. The highest BCUT2D eigenvalue weighted by atomic mass is 79.9. The van der Waals surface area contributed by atoms with Crippen molar-refractivity contribution in [2.45, 2.75) is 18.6 Å². The Morgan fingerprint density at radius 1 is 1.20 bits per heavy atom. The van der Waals surface area contributed by atoms with Crippen LogP contribution >= 0.6 is 27.5 Å². The van der Waals surface area contributed by atoms with Gasteiger partial charge in [0.1, 0.15) is 17.7 Å². The first-order valence-electron chi connectivity index (χ1n) is 6.21. The molecule has 5 heteroatoms. The molecule has 0 bridgehead atoms. The third-order valence-corrected chi connectivity index (χ3v) is 4.25. The third kappa shape index (κ3) is 2.55. The predicted molar refractivity (Wildman–Crippen MR) is 80.5 cm³/mol. The molecule has 2 aromatic rings. The zero-order valence-electron chi connectivity index (χ0n) is 10.4. The molecule has 0 aliphatic carbocycles. The summed E-state index contributed by atoms with van der Waals surface area (Å²) in [5.41, 5.74) is 7.71. The molecule has 2 aromatic carbocycles. The van der Waals surface area contributed by atoms with Gasteiger partial charge in [0, 0.05) is 33.1 Å². The monoisotopic (exact) mass is 355 g/mol. The lowest BCUT2D eigenvalue weighted by Gasteiger charge is -2.31. The normalized spacial score (nSPS) is 21.2. The molecule has 3 rings (SSSR count). The Bertz CT molecular complexity index is 664. The van der Waals surface area contributed by atoms with Crippen molar-refractivity contribution < 1.29 is 9.13 Å². The summed E-state index contributed by atoms with van der Waals surface area (Å²) in [7, 11) is 0. The standard InChI is InChI=1S/C15H12BrClFNO/c16-8-1-3-12(17)10(5-8)15-7-13(19)11-6-9(18)2-4-14(11)20-15/h1-6,13,15H,7,19H2/t13-,15?/m0/s1. The Morgan fingerprint density at radius 2 is 2.00 bits per heavy atom. The second-order valence-electron chi connectivity index (χ2n) is 4.80. The molecule has 0 fully saturated rings. The van der Waals surface area contributed by atoms with Gasteiger partial charge in [-0.25, -0.2) is 4.39 Å². The minimum atomic E-state index is -0.304. The average molecular weight is 357 g/mol. The number of rotatable bonds is 1. The van der Waals surface area contributed by atoms with E-state index in [1.807, 2.05) is 18.2 Å². The summed E-state index contributed by atoms with van der Waals surface area (Å²) in [6.45, 7) is 0. The maximum Gasteiger partial charge on any atom is 0.127 e. The summed E-state index contributed by atoms with van der Waals surface area (Å²) in [5.74, 6) is 0.313. The van der Waals surface area contributed by atoms with Gasteiger partial charge in [0.2, 0.25) is 0 Å². The van der Waals surface area contributed by atoms with Gasteiger partial charge in [-0.15, -0.1) is 0 Å². The van der Waals surface area contributed by atoms with Crippen LogP contribution < -0.4 is 10.5 Å². The number of ether oxygens (including phenoxy) is 1. The molecule has 0 spiro atoms. The predicted octanol–water partition coefficient (Wildman–Crippen LogP) is 4.77. The van der Waals surface area contributed by atoms with Crippen molar-refractivity contribution in [3.63, 3.8) is 0 Å². The Hall–Kier alpha value is -1.10. The molecule has 0 saturated carbocycles. The van der Waals surface area contributed by atoms with Gasteiger partial charge in [0.05, 0.1) is 0 Å². The van der Waals surface area contributed by atoms with E-state index in [2.05, 4.69) is 15.9 Å². The fourth-order valence-corrected chi connectivity index (χ4v) is 3.05. The lowest BCUT2D eigenvalue weighted by atomic mass is 9.93. The molecule has 2 atom stereocenters. The fourth-order valence-electron chi connectivity index (χ4n) is 2.43. The fraction of sp³-hybridized carbons (Fsp3) is 0.200. The van der Waals surface area contributed by atoms with E-state index in [1.165, 1.54) is 12.1 Å². The molecule has 0 amide bonds. The van der Waals surface area contributed by atoms with Crippen LogP contribution in [-0.2, 0) is 0 Å². The number of fused-ring (bicyclic) bond motifs is 1. The van der Waals surface area contributed by atoms with Gasteiger partial charge in [0.15, 0.2) is 0 Å². The summed E-state index contributed by atoms with van der Waals surface area (Å²) in [6, 6.07) is 9.76. The van der Waals surface area contributed by atoms with E-state index in [1.54, 1.807) is 6.07 Å². The lowest BCUT2D eigenvalue weighted by Crippen LogP contribution is -2.24. The molecule has 0 radical (unpaired) electrons. The van der Waals surface area contributed by atoms with Crippen molar-refractivity contribution >= 4 is 27.5 Å². The molecule has 0 saturated heterocycles. The number of hydrogen-bond acceptors (Lipinski definition) is 2. The van der Waals surface area contributed by atoms with Gasteiger partial charge in [-0.05, 0) is 36.4 Å². The van der Waals surface area contributed by atoms with E-state index in [-0.39, 0.29) is 18.0 Å². The van der Waals surface area contributed by atoms with E-state index in [0.717, 1.165) is 10.0 Å². The van der Waals surface area contributed by atoms with Crippen LogP contribution in [0.1, 0.15) is 29.7 Å². The quantitative estimate of drug-likeness (QED) is 0.799. The molecule has 20 heavy (non-hydrogen) atoms. The first-order valence-corrected chi connectivity index (χ1v) is 7.38. The Morgan fingerprint density at radius 3 is 2.80 bits per heavy atom. The van der Waals surface area contributed by atoms with E-state index in [0.29, 0.717) is 22.8 Å². The number of hydrogen-bond donors (Lipinski definition) is 1. The van der Waals surface area contributed by atoms with Crippen molar-refractivity contribution in [1.29, 1.82) is 0 Å². The minimum Gasteiger partial charge on any atom is -0.485 e. The highest BCUT2D eigenvalue weighted by Crippen LogP contribution is 2.42. The van der Waals surface area contributed by atoms with Crippen LogP contribution in [0.15, 0.2) is 40.9 Å². The molecule has 104 valence electrons. The Kier molecular flexibility index (Phi) is 3.71. The molecular formula is C15H12BrClFNO. The van der Waals surface area contributed by atoms with Crippen LogP contribution in [0.3, 0.4) is 0 Å². The highest BCUT2D eigenvalue weighted by Gasteiger charge is 2.28. The second-order valence-corrected chi connectivity index (χ2v) is 6.12. The van der Waals surface area contributed by atoms with Crippen molar-refractivity contribution in [3.8, 4) is 5.75 Å². The molecule has 0 aromatic heterocycles. The van der Waals surface area contributed by atoms with E-state index in [4.69, 9.17) is 22.1 Å². The van der Waals surface area contributed by atoms with Gasteiger partial charge in [-0.1, -0.05) is 27.5 Å². The molecular weight excluding hydrogens is 345 g/mol. The first kappa shape index (κ1) is 13.9. The summed E-state index contributed by atoms with van der Waals surface area (Å²) < 4.78 is 20.1. The summed E-state index contributed by atoms with van der Waals surface area (Å²) in [4.78, 5) is 0. The van der Waals surface area contributed by atoms with Crippen LogP contribution in [0.4, 0.5) is 4.39 Å². The van der Waals surface area contributed by atoms with Crippen LogP contribution in [-0.4, -0.2) is 0 Å². The van der Waals surface area contributed by atoms with Gasteiger partial charge >= 0.3 is 0 Å². The van der Waals surface area contributed by atoms with Gasteiger partial charge in [-0.3, -0.25) is 0 Å². The van der Waals surface area contributed by atoms with Gasteiger partial charge in [0.25, 0.3) is 0 Å². The second kappa shape index (κ2) is 5.35. The average Bonchev–Trinajstić information content (AvgIpc) is 2.42. The highest BCUT2D eigenvalue weighted by molar-refractivity contribution is 9.10. The molecule has 1 aliphatic heterocycles. The maximum absolute atomic E-state index is 13.3. The maximum atomic E-state index is 13.3. The summed E-state index contributed by atoms with van der Waals surface area (Å²) in [6.07, 6.45) is 0.333. The Labute approximate surface area is 129 Å². The van der Waals surface area contributed by atoms with E-state index >= 15 is 0 Å². The zero-order chi connectivity index (χ0) is 14.3. The van der Waals surface area contributed by atoms with Crippen molar-refractivity contribution in [2.24, 2.45) is 5.73 Å². The van der Waals surface area contributed by atoms with E-state index < -0.39 is 0 Å². The van der Waals surface area contributed by atoms with Crippen LogP contribution in [0, 0.1) is 5.82 Å². The summed E-state index contributed by atoms with van der Waals surface area (Å²) >= 11 is 9.65.